The minimum Gasteiger partial charge on any atom is -0.466 e. The number of aliphatic imine (C=N–C) groups is 1. The highest BCUT2D eigenvalue weighted by Crippen LogP contribution is 2.14. The number of guanidine groups is 1. The summed E-state index contributed by atoms with van der Waals surface area (Å²) in [6.07, 6.45) is 2.24. The Labute approximate surface area is 143 Å². The van der Waals surface area contributed by atoms with Gasteiger partial charge >= 0.3 is 5.97 Å². The van der Waals surface area contributed by atoms with Crippen LogP contribution in [-0.2, 0) is 16.0 Å². The number of nitrogens with zero attached hydrogens (tertiary/aromatic N) is 1. The molecule has 1 aromatic heterocycles. The lowest BCUT2D eigenvalue weighted by atomic mass is 10.1. The number of carbonyl (C=O) groups is 1. The van der Waals surface area contributed by atoms with Crippen molar-refractivity contribution in [2.24, 2.45) is 10.9 Å². The van der Waals surface area contributed by atoms with Gasteiger partial charge in [0, 0.05) is 30.9 Å². The molecule has 130 valence electrons. The quantitative estimate of drug-likeness (QED) is 0.298. The van der Waals surface area contributed by atoms with Crippen LogP contribution in [0, 0.1) is 5.92 Å². The monoisotopic (exact) mass is 339 g/mol. The van der Waals surface area contributed by atoms with Crippen LogP contribution in [0.15, 0.2) is 22.5 Å². The maximum Gasteiger partial charge on any atom is 0.305 e. The largest absolute Gasteiger partial charge is 0.466 e. The molecule has 1 heterocycles. The molecule has 0 aromatic carbocycles. The van der Waals surface area contributed by atoms with Crippen LogP contribution >= 0.6 is 11.3 Å². The molecule has 1 aromatic rings. The molecule has 0 radical (unpaired) electrons. The van der Waals surface area contributed by atoms with Gasteiger partial charge in [0.25, 0.3) is 0 Å². The minimum absolute atomic E-state index is 0.138. The van der Waals surface area contributed by atoms with Crippen LogP contribution in [0.2, 0.25) is 0 Å². The van der Waals surface area contributed by atoms with Gasteiger partial charge in [-0.15, -0.1) is 11.3 Å². The van der Waals surface area contributed by atoms with Crippen molar-refractivity contribution in [1.29, 1.82) is 0 Å². The number of nitrogens with one attached hydrogen (secondary N) is 2. The smallest absolute Gasteiger partial charge is 0.305 e. The Morgan fingerprint density at radius 2 is 2.22 bits per heavy atom. The standard InChI is InChI=1S/C17H29N3O2S/c1-4-18-17(19-10-6-9-16(21)22-5-2)20-13-14(3)12-15-8-7-11-23-15/h7-8,11,14H,4-6,9-10,12-13H2,1-3H3,(H2,18,19,20). The molecule has 1 atom stereocenters. The molecule has 0 spiro atoms. The predicted octanol–water partition coefficient (Wildman–Crippen LogP) is 2.83. The van der Waals surface area contributed by atoms with E-state index in [9.17, 15) is 4.79 Å². The van der Waals surface area contributed by atoms with Crippen LogP contribution in [0.25, 0.3) is 0 Å². The summed E-state index contributed by atoms with van der Waals surface area (Å²) in [5.41, 5.74) is 0. The predicted molar refractivity (Wildman–Crippen MR) is 97.0 cm³/mol. The lowest BCUT2D eigenvalue weighted by Gasteiger charge is -2.13. The second-order valence-corrected chi connectivity index (χ2v) is 6.48. The average molecular weight is 340 g/mol. The molecule has 0 saturated heterocycles. The number of thiophene rings is 1. The lowest BCUT2D eigenvalue weighted by molar-refractivity contribution is -0.143. The number of esters is 1. The van der Waals surface area contributed by atoms with Gasteiger partial charge in [0.15, 0.2) is 5.96 Å². The Morgan fingerprint density at radius 3 is 2.87 bits per heavy atom. The average Bonchev–Trinajstić information content (AvgIpc) is 3.02. The van der Waals surface area contributed by atoms with Gasteiger partial charge in [-0.1, -0.05) is 13.0 Å². The van der Waals surface area contributed by atoms with E-state index in [1.54, 1.807) is 11.3 Å². The first kappa shape index (κ1) is 19.5. The van der Waals surface area contributed by atoms with Crippen molar-refractivity contribution >= 4 is 23.3 Å². The van der Waals surface area contributed by atoms with Gasteiger partial charge in [-0.3, -0.25) is 9.79 Å². The Kier molecular flexibility index (Phi) is 10.1. The normalized spacial score (nSPS) is 12.7. The summed E-state index contributed by atoms with van der Waals surface area (Å²) in [4.78, 5) is 17.3. The van der Waals surface area contributed by atoms with Crippen molar-refractivity contribution in [2.45, 2.75) is 40.0 Å². The summed E-state index contributed by atoms with van der Waals surface area (Å²) in [5.74, 6) is 1.18. The number of carbonyl (C=O) groups excluding carboxylic acids is 1. The molecule has 0 aliphatic rings. The number of hydrogen-bond acceptors (Lipinski definition) is 4. The second-order valence-electron chi connectivity index (χ2n) is 5.44. The van der Waals surface area contributed by atoms with Crippen molar-refractivity contribution in [2.75, 3.05) is 26.2 Å². The first-order valence-corrected chi connectivity index (χ1v) is 9.23. The highest BCUT2D eigenvalue weighted by Gasteiger charge is 2.06. The molecule has 6 heteroatoms. The zero-order valence-corrected chi connectivity index (χ0v) is 15.2. The van der Waals surface area contributed by atoms with E-state index < -0.39 is 0 Å². The third-order valence-electron chi connectivity index (χ3n) is 3.19. The van der Waals surface area contributed by atoms with E-state index in [1.165, 1.54) is 4.88 Å². The van der Waals surface area contributed by atoms with Crippen LogP contribution in [-0.4, -0.2) is 38.2 Å². The van der Waals surface area contributed by atoms with Crippen LogP contribution in [0.3, 0.4) is 0 Å². The molecule has 0 bridgehead atoms. The SMILES string of the molecule is CCNC(=NCC(C)Cc1cccs1)NCCCC(=O)OCC. The summed E-state index contributed by atoms with van der Waals surface area (Å²) >= 11 is 1.80. The van der Waals surface area contributed by atoms with Gasteiger partial charge in [0.2, 0.25) is 0 Å². The van der Waals surface area contributed by atoms with Crippen molar-refractivity contribution in [3.05, 3.63) is 22.4 Å². The molecule has 5 nitrogen and oxygen atoms in total. The lowest BCUT2D eigenvalue weighted by Crippen LogP contribution is -2.38. The first-order valence-electron chi connectivity index (χ1n) is 8.35. The molecule has 0 amide bonds. The zero-order valence-electron chi connectivity index (χ0n) is 14.4. The van der Waals surface area contributed by atoms with Crippen molar-refractivity contribution in [3.63, 3.8) is 0 Å². The second kappa shape index (κ2) is 11.9. The maximum absolute atomic E-state index is 11.3. The van der Waals surface area contributed by atoms with E-state index in [4.69, 9.17) is 4.74 Å². The molecular weight excluding hydrogens is 310 g/mol. The third kappa shape index (κ3) is 9.23. The van der Waals surface area contributed by atoms with E-state index in [0.717, 1.165) is 31.9 Å². The Balaban J connectivity index is 2.30. The van der Waals surface area contributed by atoms with Crippen LogP contribution in [0.5, 0.6) is 0 Å². The molecule has 1 rings (SSSR count). The van der Waals surface area contributed by atoms with Crippen molar-refractivity contribution in [1.82, 2.24) is 10.6 Å². The fourth-order valence-corrected chi connectivity index (χ4v) is 2.97. The fraction of sp³-hybridized carbons (Fsp3) is 0.647. The third-order valence-corrected chi connectivity index (χ3v) is 4.09. The summed E-state index contributed by atoms with van der Waals surface area (Å²) in [5, 5.41) is 8.61. The van der Waals surface area contributed by atoms with Gasteiger partial charge in [-0.2, -0.15) is 0 Å². The Morgan fingerprint density at radius 1 is 1.39 bits per heavy atom. The van der Waals surface area contributed by atoms with Gasteiger partial charge in [-0.25, -0.2) is 0 Å². The molecule has 23 heavy (non-hydrogen) atoms. The van der Waals surface area contributed by atoms with Crippen LogP contribution in [0.4, 0.5) is 0 Å². The van der Waals surface area contributed by atoms with Gasteiger partial charge in [0.1, 0.15) is 0 Å². The topological polar surface area (TPSA) is 62.7 Å². The summed E-state index contributed by atoms with van der Waals surface area (Å²) < 4.78 is 4.91. The van der Waals surface area contributed by atoms with E-state index in [1.807, 2.05) is 13.8 Å². The number of hydrogen-bond donors (Lipinski definition) is 2. The molecule has 0 fully saturated rings. The highest BCUT2D eigenvalue weighted by atomic mass is 32.1. The number of rotatable bonds is 10. The Bertz CT molecular complexity index is 460. The summed E-state index contributed by atoms with van der Waals surface area (Å²) in [7, 11) is 0. The summed E-state index contributed by atoms with van der Waals surface area (Å²) in [6.45, 7) is 8.85. The van der Waals surface area contributed by atoms with E-state index in [-0.39, 0.29) is 5.97 Å². The number of ether oxygens (including phenoxy) is 1. The molecule has 2 N–H and O–H groups in total. The minimum atomic E-state index is -0.138. The van der Waals surface area contributed by atoms with Crippen LogP contribution in [0.1, 0.15) is 38.5 Å². The zero-order chi connectivity index (χ0) is 16.9. The molecule has 0 aliphatic heterocycles. The molecule has 0 aliphatic carbocycles. The summed E-state index contributed by atoms with van der Waals surface area (Å²) in [6, 6.07) is 4.26. The Hall–Kier alpha value is -1.56. The van der Waals surface area contributed by atoms with Gasteiger partial charge in [-0.05, 0) is 44.1 Å². The maximum atomic E-state index is 11.3. The first-order chi connectivity index (χ1) is 11.2. The van der Waals surface area contributed by atoms with E-state index in [2.05, 4.69) is 40.1 Å². The van der Waals surface area contributed by atoms with E-state index >= 15 is 0 Å². The van der Waals surface area contributed by atoms with Gasteiger partial charge in [0.05, 0.1) is 6.61 Å². The fourth-order valence-electron chi connectivity index (χ4n) is 2.10. The van der Waals surface area contributed by atoms with Gasteiger partial charge < -0.3 is 15.4 Å². The molecular formula is C17H29N3O2S. The molecule has 1 unspecified atom stereocenters. The van der Waals surface area contributed by atoms with E-state index in [0.29, 0.717) is 25.5 Å². The van der Waals surface area contributed by atoms with Crippen molar-refractivity contribution in [3.8, 4) is 0 Å². The van der Waals surface area contributed by atoms with Crippen molar-refractivity contribution < 1.29 is 9.53 Å². The van der Waals surface area contributed by atoms with Crippen LogP contribution < -0.4 is 10.6 Å². The molecule has 0 saturated carbocycles. The highest BCUT2D eigenvalue weighted by molar-refractivity contribution is 7.09.